The number of amides is 1. The summed E-state index contributed by atoms with van der Waals surface area (Å²) in [4.78, 5) is 14.5. The van der Waals surface area contributed by atoms with E-state index in [4.69, 9.17) is 4.74 Å². The van der Waals surface area contributed by atoms with Gasteiger partial charge < -0.3 is 4.74 Å². The third-order valence-electron chi connectivity index (χ3n) is 4.29. The first-order valence-electron chi connectivity index (χ1n) is 8.95. The highest BCUT2D eigenvalue weighted by molar-refractivity contribution is 5.87. The molecule has 0 unspecified atom stereocenters. The van der Waals surface area contributed by atoms with Crippen molar-refractivity contribution in [3.8, 4) is 0 Å². The van der Waals surface area contributed by atoms with Crippen LogP contribution in [0, 0.1) is 5.92 Å². The zero-order valence-corrected chi connectivity index (χ0v) is 15.7. The van der Waals surface area contributed by atoms with Crippen molar-refractivity contribution in [2.24, 2.45) is 5.92 Å². The van der Waals surface area contributed by atoms with Gasteiger partial charge >= 0.3 is 6.09 Å². The van der Waals surface area contributed by atoms with Crippen LogP contribution < -0.4 is 0 Å². The number of allylic oxidation sites excluding steroid dienone is 1. The van der Waals surface area contributed by atoms with Crippen LogP contribution in [0.4, 0.5) is 4.79 Å². The molecule has 5 heteroatoms. The van der Waals surface area contributed by atoms with Gasteiger partial charge in [0.2, 0.25) is 0 Å². The van der Waals surface area contributed by atoms with Gasteiger partial charge in [0.15, 0.2) is 0 Å². The van der Waals surface area contributed by atoms with Gasteiger partial charge in [0, 0.05) is 30.2 Å². The van der Waals surface area contributed by atoms with Crippen molar-refractivity contribution in [3.05, 3.63) is 36.0 Å². The van der Waals surface area contributed by atoms with Gasteiger partial charge in [-0.25, -0.2) is 4.79 Å². The molecule has 0 saturated carbocycles. The minimum absolute atomic E-state index is 0.288. The number of hydrogen-bond acceptors (Lipinski definition) is 3. The van der Waals surface area contributed by atoms with Gasteiger partial charge in [-0.2, -0.15) is 5.10 Å². The third-order valence-corrected chi connectivity index (χ3v) is 4.29. The molecule has 1 amide bonds. The first-order chi connectivity index (χ1) is 11.8. The molecular weight excluding hydrogens is 314 g/mol. The summed E-state index contributed by atoms with van der Waals surface area (Å²) in [5, 5.41) is 5.70. The highest BCUT2D eigenvalue weighted by Gasteiger charge is 2.29. The number of nitrogens with zero attached hydrogens (tertiary/aromatic N) is 3. The maximum Gasteiger partial charge on any atom is 0.414 e. The molecule has 134 valence electrons. The molecule has 0 bridgehead atoms. The summed E-state index contributed by atoms with van der Waals surface area (Å²) in [6.07, 6.45) is 4.85. The molecule has 0 fully saturated rings. The van der Waals surface area contributed by atoms with E-state index in [1.54, 1.807) is 4.90 Å². The second-order valence-corrected chi connectivity index (χ2v) is 7.78. The molecular formula is C20H27N3O2. The molecule has 2 heterocycles. The van der Waals surface area contributed by atoms with Crippen LogP contribution in [0.2, 0.25) is 0 Å². The molecule has 0 saturated heterocycles. The van der Waals surface area contributed by atoms with Crippen LogP contribution >= 0.6 is 0 Å². The van der Waals surface area contributed by atoms with E-state index in [1.807, 2.05) is 31.6 Å². The SMILES string of the molecule is CCn1cc2ccc(C3=CC[C@H](C)CN3C(=O)OC(C)(C)C)cc2n1. The second-order valence-electron chi connectivity index (χ2n) is 7.78. The van der Waals surface area contributed by atoms with Crippen LogP contribution in [-0.2, 0) is 11.3 Å². The molecule has 2 aromatic rings. The summed E-state index contributed by atoms with van der Waals surface area (Å²) in [7, 11) is 0. The normalized spacial score (nSPS) is 18.4. The largest absolute Gasteiger partial charge is 0.443 e. The van der Waals surface area contributed by atoms with Gasteiger partial charge in [-0.1, -0.05) is 25.1 Å². The highest BCUT2D eigenvalue weighted by atomic mass is 16.6. The van der Waals surface area contributed by atoms with Crippen molar-refractivity contribution in [2.45, 2.75) is 53.2 Å². The summed E-state index contributed by atoms with van der Waals surface area (Å²) < 4.78 is 7.54. The number of carbonyl (C=O) groups excluding carboxylic acids is 1. The van der Waals surface area contributed by atoms with E-state index in [0.29, 0.717) is 12.5 Å². The van der Waals surface area contributed by atoms with Gasteiger partial charge in [-0.3, -0.25) is 9.58 Å². The van der Waals surface area contributed by atoms with E-state index >= 15 is 0 Å². The zero-order valence-electron chi connectivity index (χ0n) is 15.7. The molecule has 1 atom stereocenters. The lowest BCUT2D eigenvalue weighted by Crippen LogP contribution is -2.39. The maximum atomic E-state index is 12.7. The Morgan fingerprint density at radius 3 is 2.80 bits per heavy atom. The van der Waals surface area contributed by atoms with Gasteiger partial charge in [-0.15, -0.1) is 0 Å². The average Bonchev–Trinajstić information content (AvgIpc) is 2.95. The Labute approximate surface area is 149 Å². The molecule has 1 aromatic heterocycles. The molecule has 1 aliphatic rings. The number of carbonyl (C=O) groups is 1. The Balaban J connectivity index is 1.95. The first-order valence-corrected chi connectivity index (χ1v) is 8.95. The molecule has 25 heavy (non-hydrogen) atoms. The summed E-state index contributed by atoms with van der Waals surface area (Å²) in [5.41, 5.74) is 2.36. The summed E-state index contributed by atoms with van der Waals surface area (Å²) >= 11 is 0. The molecule has 0 N–H and O–H groups in total. The van der Waals surface area contributed by atoms with Gasteiger partial charge in [0.05, 0.1) is 11.2 Å². The number of ether oxygens (including phenoxy) is 1. The fourth-order valence-electron chi connectivity index (χ4n) is 3.06. The lowest BCUT2D eigenvalue weighted by Gasteiger charge is -2.33. The van der Waals surface area contributed by atoms with Gasteiger partial charge in [-0.05, 0) is 46.1 Å². The second kappa shape index (κ2) is 6.54. The summed E-state index contributed by atoms with van der Waals surface area (Å²) in [6, 6.07) is 6.18. The monoisotopic (exact) mass is 341 g/mol. The quantitative estimate of drug-likeness (QED) is 0.797. The smallest absolute Gasteiger partial charge is 0.414 e. The van der Waals surface area contributed by atoms with E-state index in [1.165, 1.54) is 0 Å². The average molecular weight is 341 g/mol. The maximum absolute atomic E-state index is 12.7. The molecule has 0 radical (unpaired) electrons. The lowest BCUT2D eigenvalue weighted by atomic mass is 9.98. The first kappa shape index (κ1) is 17.5. The Morgan fingerprint density at radius 2 is 2.12 bits per heavy atom. The Bertz CT molecular complexity index is 814. The van der Waals surface area contributed by atoms with E-state index in [9.17, 15) is 4.79 Å². The minimum Gasteiger partial charge on any atom is -0.443 e. The van der Waals surface area contributed by atoms with Gasteiger partial charge in [0.25, 0.3) is 0 Å². The van der Waals surface area contributed by atoms with Crippen LogP contribution in [0.1, 0.15) is 46.6 Å². The van der Waals surface area contributed by atoms with Crippen molar-refractivity contribution >= 4 is 22.7 Å². The fraction of sp³-hybridized carbons (Fsp3) is 0.500. The molecule has 0 aliphatic carbocycles. The van der Waals surface area contributed by atoms with Crippen LogP contribution in [0.3, 0.4) is 0 Å². The fourth-order valence-corrected chi connectivity index (χ4v) is 3.06. The standard InChI is InChI=1S/C20H27N3O2/c1-6-22-13-16-9-8-15(11-17(16)21-22)18-10-7-14(2)12-23(18)19(24)25-20(3,4)5/h8-11,13-14H,6-7,12H2,1-5H3/t14-/m0/s1. The van der Waals surface area contributed by atoms with Crippen LogP contribution in [0.15, 0.2) is 30.5 Å². The number of hydrogen-bond donors (Lipinski definition) is 0. The van der Waals surface area contributed by atoms with Crippen molar-refractivity contribution in [1.29, 1.82) is 0 Å². The van der Waals surface area contributed by atoms with Crippen molar-refractivity contribution in [2.75, 3.05) is 6.54 Å². The number of rotatable bonds is 2. The van der Waals surface area contributed by atoms with Crippen molar-refractivity contribution in [1.82, 2.24) is 14.7 Å². The third kappa shape index (κ3) is 3.86. The summed E-state index contributed by atoms with van der Waals surface area (Å²) in [6.45, 7) is 11.4. The predicted molar refractivity (Wildman–Crippen MR) is 100 cm³/mol. The Hall–Kier alpha value is -2.30. The lowest BCUT2D eigenvalue weighted by molar-refractivity contribution is 0.0327. The van der Waals surface area contributed by atoms with E-state index in [2.05, 4.69) is 43.2 Å². The van der Waals surface area contributed by atoms with E-state index < -0.39 is 5.60 Å². The number of benzene rings is 1. The number of fused-ring (bicyclic) bond motifs is 1. The number of aryl methyl sites for hydroxylation is 1. The predicted octanol–water partition coefficient (Wildman–Crippen LogP) is 4.67. The zero-order chi connectivity index (χ0) is 18.2. The number of aromatic nitrogens is 2. The van der Waals surface area contributed by atoms with Crippen LogP contribution in [0.25, 0.3) is 16.6 Å². The molecule has 0 spiro atoms. The Morgan fingerprint density at radius 1 is 1.36 bits per heavy atom. The molecule has 5 nitrogen and oxygen atoms in total. The Kier molecular flexibility index (Phi) is 4.58. The summed E-state index contributed by atoms with van der Waals surface area (Å²) in [5.74, 6) is 0.416. The topological polar surface area (TPSA) is 47.4 Å². The van der Waals surface area contributed by atoms with Gasteiger partial charge in [0.1, 0.15) is 5.60 Å². The minimum atomic E-state index is -0.507. The highest BCUT2D eigenvalue weighted by Crippen LogP contribution is 2.30. The van der Waals surface area contributed by atoms with Crippen LogP contribution in [0.5, 0.6) is 0 Å². The van der Waals surface area contributed by atoms with Crippen molar-refractivity contribution in [3.63, 3.8) is 0 Å². The van der Waals surface area contributed by atoms with Crippen LogP contribution in [-0.4, -0.2) is 32.9 Å². The molecule has 1 aliphatic heterocycles. The van der Waals surface area contributed by atoms with E-state index in [-0.39, 0.29) is 6.09 Å². The van der Waals surface area contributed by atoms with E-state index in [0.717, 1.165) is 35.1 Å². The molecule has 3 rings (SSSR count). The molecule has 1 aromatic carbocycles. The van der Waals surface area contributed by atoms with Crippen molar-refractivity contribution < 1.29 is 9.53 Å².